The van der Waals surface area contributed by atoms with Gasteiger partial charge in [0.15, 0.2) is 0 Å². The maximum Gasteiger partial charge on any atom is 0.132 e. The standard InChI is InChI=1S/C14H24N4/c1-14(2,7-8-15)9-16-13-11-5-3-4-6-12(11)17-10-18-13/h10H,3-9,15H2,1-2H3,(H,16,17,18). The Morgan fingerprint density at radius 2 is 2.06 bits per heavy atom. The molecule has 18 heavy (non-hydrogen) atoms. The van der Waals surface area contributed by atoms with E-state index in [1.54, 1.807) is 6.33 Å². The first-order valence-electron chi connectivity index (χ1n) is 6.89. The molecule has 1 aromatic heterocycles. The van der Waals surface area contributed by atoms with E-state index in [9.17, 15) is 0 Å². The van der Waals surface area contributed by atoms with Crippen molar-refractivity contribution in [3.63, 3.8) is 0 Å². The lowest BCUT2D eigenvalue weighted by Gasteiger charge is -2.26. The van der Waals surface area contributed by atoms with Crippen molar-refractivity contribution in [2.75, 3.05) is 18.4 Å². The summed E-state index contributed by atoms with van der Waals surface area (Å²) in [5.74, 6) is 1.03. The molecule has 0 saturated heterocycles. The summed E-state index contributed by atoms with van der Waals surface area (Å²) in [6.45, 7) is 6.12. The molecule has 0 bridgehead atoms. The Balaban J connectivity index is 2.05. The fourth-order valence-corrected chi connectivity index (χ4v) is 2.48. The Bertz CT molecular complexity index is 401. The fourth-order valence-electron chi connectivity index (χ4n) is 2.48. The van der Waals surface area contributed by atoms with Gasteiger partial charge >= 0.3 is 0 Å². The lowest BCUT2D eigenvalue weighted by Crippen LogP contribution is -2.27. The molecule has 0 radical (unpaired) electrons. The lowest BCUT2D eigenvalue weighted by atomic mass is 9.89. The zero-order chi connectivity index (χ0) is 13.0. The van der Waals surface area contributed by atoms with Gasteiger partial charge in [-0.1, -0.05) is 13.8 Å². The number of nitrogens with one attached hydrogen (secondary N) is 1. The minimum atomic E-state index is 0.210. The summed E-state index contributed by atoms with van der Waals surface area (Å²) >= 11 is 0. The molecular weight excluding hydrogens is 224 g/mol. The van der Waals surface area contributed by atoms with E-state index in [1.165, 1.54) is 24.1 Å². The highest BCUT2D eigenvalue weighted by Gasteiger charge is 2.19. The van der Waals surface area contributed by atoms with E-state index in [1.807, 2.05) is 0 Å². The van der Waals surface area contributed by atoms with Crippen LogP contribution >= 0.6 is 0 Å². The van der Waals surface area contributed by atoms with E-state index >= 15 is 0 Å². The van der Waals surface area contributed by atoms with Crippen LogP contribution in [0.25, 0.3) is 0 Å². The van der Waals surface area contributed by atoms with E-state index in [4.69, 9.17) is 5.73 Å². The molecule has 4 nitrogen and oxygen atoms in total. The first kappa shape index (κ1) is 13.3. The SMILES string of the molecule is CC(C)(CCN)CNc1ncnc2c1CCCC2. The highest BCUT2D eigenvalue weighted by Crippen LogP contribution is 2.26. The number of hydrogen-bond acceptors (Lipinski definition) is 4. The molecule has 0 spiro atoms. The summed E-state index contributed by atoms with van der Waals surface area (Å²) in [5.41, 5.74) is 8.41. The highest BCUT2D eigenvalue weighted by atomic mass is 15.0. The largest absolute Gasteiger partial charge is 0.369 e. The average molecular weight is 248 g/mol. The molecule has 100 valence electrons. The van der Waals surface area contributed by atoms with E-state index in [2.05, 4.69) is 29.1 Å². The van der Waals surface area contributed by atoms with Gasteiger partial charge in [0, 0.05) is 17.8 Å². The van der Waals surface area contributed by atoms with Crippen LogP contribution in [0, 0.1) is 5.41 Å². The van der Waals surface area contributed by atoms with Crippen molar-refractivity contribution in [1.29, 1.82) is 0 Å². The quantitative estimate of drug-likeness (QED) is 0.838. The molecule has 1 aromatic rings. The maximum absolute atomic E-state index is 5.64. The van der Waals surface area contributed by atoms with Crippen LogP contribution in [-0.2, 0) is 12.8 Å². The number of nitrogens with zero attached hydrogens (tertiary/aromatic N) is 2. The van der Waals surface area contributed by atoms with Crippen LogP contribution in [0.2, 0.25) is 0 Å². The van der Waals surface area contributed by atoms with E-state index in [0.29, 0.717) is 0 Å². The van der Waals surface area contributed by atoms with Gasteiger partial charge in [0.25, 0.3) is 0 Å². The van der Waals surface area contributed by atoms with Gasteiger partial charge in [0.05, 0.1) is 0 Å². The van der Waals surface area contributed by atoms with E-state index in [-0.39, 0.29) is 5.41 Å². The van der Waals surface area contributed by atoms with Gasteiger partial charge in [0.2, 0.25) is 0 Å². The highest BCUT2D eigenvalue weighted by molar-refractivity contribution is 5.47. The van der Waals surface area contributed by atoms with Crippen molar-refractivity contribution in [2.45, 2.75) is 46.0 Å². The summed E-state index contributed by atoms with van der Waals surface area (Å²) in [6, 6.07) is 0. The van der Waals surface area contributed by atoms with Crippen molar-refractivity contribution >= 4 is 5.82 Å². The lowest BCUT2D eigenvalue weighted by molar-refractivity contribution is 0.364. The van der Waals surface area contributed by atoms with Crippen LogP contribution in [0.3, 0.4) is 0 Å². The van der Waals surface area contributed by atoms with Crippen LogP contribution in [0.5, 0.6) is 0 Å². The van der Waals surface area contributed by atoms with Crippen molar-refractivity contribution < 1.29 is 0 Å². The van der Waals surface area contributed by atoms with E-state index < -0.39 is 0 Å². The molecule has 1 aliphatic rings. The topological polar surface area (TPSA) is 63.8 Å². The van der Waals surface area contributed by atoms with Crippen molar-refractivity contribution in [1.82, 2.24) is 9.97 Å². The number of anilines is 1. The summed E-state index contributed by atoms with van der Waals surface area (Å²) in [7, 11) is 0. The van der Waals surface area contributed by atoms with Gasteiger partial charge in [-0.3, -0.25) is 0 Å². The van der Waals surface area contributed by atoms with Crippen LogP contribution < -0.4 is 11.1 Å². The number of aromatic nitrogens is 2. The Hall–Kier alpha value is -1.16. The first-order valence-corrected chi connectivity index (χ1v) is 6.89. The minimum absolute atomic E-state index is 0.210. The molecule has 2 rings (SSSR count). The second kappa shape index (κ2) is 5.65. The number of hydrogen-bond donors (Lipinski definition) is 2. The molecule has 0 aromatic carbocycles. The Kier molecular flexibility index (Phi) is 4.17. The molecule has 1 aliphatic carbocycles. The van der Waals surface area contributed by atoms with Crippen molar-refractivity contribution in [3.05, 3.63) is 17.6 Å². The summed E-state index contributed by atoms with van der Waals surface area (Å²) in [4.78, 5) is 8.79. The average Bonchev–Trinajstić information content (AvgIpc) is 2.36. The predicted molar refractivity (Wildman–Crippen MR) is 74.6 cm³/mol. The van der Waals surface area contributed by atoms with Gasteiger partial charge in [-0.2, -0.15) is 0 Å². The third-order valence-corrected chi connectivity index (χ3v) is 3.68. The van der Waals surface area contributed by atoms with Crippen LogP contribution in [-0.4, -0.2) is 23.1 Å². The molecule has 1 heterocycles. The third-order valence-electron chi connectivity index (χ3n) is 3.68. The number of rotatable bonds is 5. The zero-order valence-electron chi connectivity index (χ0n) is 11.5. The van der Waals surface area contributed by atoms with Crippen molar-refractivity contribution in [3.8, 4) is 0 Å². The zero-order valence-corrected chi connectivity index (χ0v) is 11.5. The van der Waals surface area contributed by atoms with Gasteiger partial charge < -0.3 is 11.1 Å². The van der Waals surface area contributed by atoms with E-state index in [0.717, 1.165) is 38.2 Å². The number of nitrogens with two attached hydrogens (primary N) is 1. The Labute approximate surface area is 109 Å². The molecule has 0 aliphatic heterocycles. The molecule has 0 saturated carbocycles. The monoisotopic (exact) mass is 248 g/mol. The normalized spacial score (nSPS) is 15.3. The smallest absolute Gasteiger partial charge is 0.132 e. The Morgan fingerprint density at radius 3 is 2.83 bits per heavy atom. The summed E-state index contributed by atoms with van der Waals surface area (Å²) in [6.07, 6.45) is 7.41. The predicted octanol–water partition coefficient (Wildman–Crippen LogP) is 2.14. The van der Waals surface area contributed by atoms with Gasteiger partial charge in [0.1, 0.15) is 12.1 Å². The molecule has 0 unspecified atom stereocenters. The molecule has 0 fully saturated rings. The van der Waals surface area contributed by atoms with Crippen LogP contribution in [0.4, 0.5) is 5.82 Å². The van der Waals surface area contributed by atoms with Crippen LogP contribution in [0.1, 0.15) is 44.4 Å². The van der Waals surface area contributed by atoms with Gasteiger partial charge in [-0.15, -0.1) is 0 Å². The maximum atomic E-state index is 5.64. The van der Waals surface area contributed by atoms with Crippen LogP contribution in [0.15, 0.2) is 6.33 Å². The molecular formula is C14H24N4. The molecule has 4 heteroatoms. The molecule has 3 N–H and O–H groups in total. The second-order valence-corrected chi connectivity index (χ2v) is 5.91. The fraction of sp³-hybridized carbons (Fsp3) is 0.714. The number of fused-ring (bicyclic) bond motifs is 1. The number of aryl methyl sites for hydroxylation is 1. The molecule has 0 amide bonds. The molecule has 0 atom stereocenters. The van der Waals surface area contributed by atoms with Gasteiger partial charge in [-0.25, -0.2) is 9.97 Å². The second-order valence-electron chi connectivity index (χ2n) is 5.91. The first-order chi connectivity index (χ1) is 8.62. The Morgan fingerprint density at radius 1 is 1.28 bits per heavy atom. The minimum Gasteiger partial charge on any atom is -0.369 e. The summed E-state index contributed by atoms with van der Waals surface area (Å²) in [5, 5.41) is 3.49. The third kappa shape index (κ3) is 3.19. The van der Waals surface area contributed by atoms with Gasteiger partial charge in [-0.05, 0) is 44.1 Å². The van der Waals surface area contributed by atoms with Crippen molar-refractivity contribution in [2.24, 2.45) is 11.1 Å². The summed E-state index contributed by atoms with van der Waals surface area (Å²) < 4.78 is 0.